The van der Waals surface area contributed by atoms with Gasteiger partial charge in [-0.1, -0.05) is 19.1 Å². The van der Waals surface area contributed by atoms with E-state index in [0.29, 0.717) is 18.7 Å². The molecular weight excluding hydrogens is 318 g/mol. The van der Waals surface area contributed by atoms with Crippen LogP contribution in [0.4, 0.5) is 0 Å². The fourth-order valence-electron chi connectivity index (χ4n) is 3.23. The lowest BCUT2D eigenvalue weighted by atomic mass is 10.0. The van der Waals surface area contributed by atoms with Crippen molar-refractivity contribution >= 4 is 22.8 Å². The van der Waals surface area contributed by atoms with E-state index in [1.807, 2.05) is 37.8 Å². The molecule has 7 heteroatoms. The zero-order valence-corrected chi connectivity index (χ0v) is 15.0. The summed E-state index contributed by atoms with van der Waals surface area (Å²) in [6.45, 7) is 7.99. The topological polar surface area (TPSA) is 80.1 Å². The molecule has 1 aromatic carbocycles. The van der Waals surface area contributed by atoms with Gasteiger partial charge < -0.3 is 10.2 Å². The molecule has 3 rings (SSSR count). The molecule has 0 spiro atoms. The van der Waals surface area contributed by atoms with Crippen LogP contribution in [0.3, 0.4) is 0 Å². The number of carbonyl (C=O) groups is 2. The Bertz CT molecular complexity index is 775. The van der Waals surface area contributed by atoms with Gasteiger partial charge in [0.1, 0.15) is 5.52 Å². The number of hydrogen-bond acceptors (Lipinski definition) is 4. The third-order valence-electron chi connectivity index (χ3n) is 4.71. The van der Waals surface area contributed by atoms with Crippen molar-refractivity contribution in [2.45, 2.75) is 46.2 Å². The molecule has 0 radical (unpaired) electrons. The minimum absolute atomic E-state index is 0.0226. The number of nitrogens with zero attached hydrogens (tertiary/aromatic N) is 4. The number of aryl methyl sites for hydroxylation is 1. The van der Waals surface area contributed by atoms with E-state index in [1.54, 1.807) is 10.7 Å². The zero-order valence-electron chi connectivity index (χ0n) is 15.0. The van der Waals surface area contributed by atoms with Crippen molar-refractivity contribution in [3.8, 4) is 0 Å². The number of benzene rings is 1. The molecule has 0 unspecified atom stereocenters. The van der Waals surface area contributed by atoms with E-state index in [2.05, 4.69) is 15.6 Å². The van der Waals surface area contributed by atoms with Gasteiger partial charge in [0, 0.05) is 37.2 Å². The monoisotopic (exact) mass is 343 g/mol. The highest BCUT2D eigenvalue weighted by Crippen LogP contribution is 2.16. The lowest BCUT2D eigenvalue weighted by molar-refractivity contribution is -0.135. The summed E-state index contributed by atoms with van der Waals surface area (Å²) in [5, 5.41) is 11.3. The minimum atomic E-state index is -0.0958. The van der Waals surface area contributed by atoms with Crippen molar-refractivity contribution in [3.05, 3.63) is 23.8 Å². The molecule has 2 aromatic rings. The van der Waals surface area contributed by atoms with E-state index in [4.69, 9.17) is 0 Å². The maximum absolute atomic E-state index is 12.5. The van der Waals surface area contributed by atoms with Crippen LogP contribution in [-0.4, -0.2) is 50.8 Å². The first-order chi connectivity index (χ1) is 12.0. The molecule has 1 aliphatic rings. The van der Waals surface area contributed by atoms with Gasteiger partial charge in [-0.15, -0.1) is 5.10 Å². The highest BCUT2D eigenvalue weighted by Gasteiger charge is 2.25. The average Bonchev–Trinajstić information content (AvgIpc) is 3.03. The standard InChI is InChI=1S/C18H25N5O2/c1-4-23-16-6-5-13(11-15(16)20-21-23)17(24)19-14-7-9-22(10-8-14)18(25)12(2)3/h5-6,11-12,14H,4,7-10H2,1-3H3,(H,19,24). The Morgan fingerprint density at radius 1 is 1.28 bits per heavy atom. The second-order valence-electron chi connectivity index (χ2n) is 6.84. The van der Waals surface area contributed by atoms with E-state index < -0.39 is 0 Å². The Hall–Kier alpha value is -2.44. The first kappa shape index (κ1) is 17.4. The summed E-state index contributed by atoms with van der Waals surface area (Å²) in [6, 6.07) is 5.58. The van der Waals surface area contributed by atoms with Crippen LogP contribution in [0, 0.1) is 5.92 Å². The van der Waals surface area contributed by atoms with Crippen molar-refractivity contribution in [2.24, 2.45) is 5.92 Å². The van der Waals surface area contributed by atoms with Gasteiger partial charge >= 0.3 is 0 Å². The molecule has 2 amide bonds. The zero-order chi connectivity index (χ0) is 18.0. The first-order valence-corrected chi connectivity index (χ1v) is 8.92. The Morgan fingerprint density at radius 3 is 2.64 bits per heavy atom. The lowest BCUT2D eigenvalue weighted by Crippen LogP contribution is -2.47. The van der Waals surface area contributed by atoms with Crippen LogP contribution in [-0.2, 0) is 11.3 Å². The maximum Gasteiger partial charge on any atom is 0.251 e. The summed E-state index contributed by atoms with van der Waals surface area (Å²) in [5.74, 6) is 0.116. The molecule has 25 heavy (non-hydrogen) atoms. The van der Waals surface area contributed by atoms with Crippen molar-refractivity contribution in [1.29, 1.82) is 0 Å². The van der Waals surface area contributed by atoms with Gasteiger partial charge in [-0.3, -0.25) is 9.59 Å². The van der Waals surface area contributed by atoms with Gasteiger partial charge in [0.2, 0.25) is 5.91 Å². The van der Waals surface area contributed by atoms with Crippen molar-refractivity contribution in [2.75, 3.05) is 13.1 Å². The predicted octanol–water partition coefficient (Wildman–Crippen LogP) is 1.83. The summed E-state index contributed by atoms with van der Waals surface area (Å²) in [6.07, 6.45) is 1.58. The third-order valence-corrected chi connectivity index (χ3v) is 4.71. The smallest absolute Gasteiger partial charge is 0.251 e. The number of nitrogens with one attached hydrogen (secondary N) is 1. The molecule has 1 N–H and O–H groups in total. The van der Waals surface area contributed by atoms with E-state index >= 15 is 0 Å². The Kier molecular flexibility index (Phi) is 5.01. The molecule has 1 fully saturated rings. The number of piperidine rings is 1. The number of rotatable bonds is 4. The van der Waals surface area contributed by atoms with Crippen molar-refractivity contribution in [1.82, 2.24) is 25.2 Å². The summed E-state index contributed by atoms with van der Waals surface area (Å²) in [7, 11) is 0. The molecule has 134 valence electrons. The quantitative estimate of drug-likeness (QED) is 0.918. The average molecular weight is 343 g/mol. The normalized spacial score (nSPS) is 15.8. The van der Waals surface area contributed by atoms with Gasteiger partial charge in [-0.2, -0.15) is 0 Å². The van der Waals surface area contributed by atoms with Crippen molar-refractivity contribution < 1.29 is 9.59 Å². The molecule has 0 atom stereocenters. The van der Waals surface area contributed by atoms with Crippen LogP contribution >= 0.6 is 0 Å². The van der Waals surface area contributed by atoms with Gasteiger partial charge in [-0.05, 0) is 38.0 Å². The number of hydrogen-bond donors (Lipinski definition) is 1. The van der Waals surface area contributed by atoms with Gasteiger partial charge in [0.25, 0.3) is 5.91 Å². The van der Waals surface area contributed by atoms with Crippen LogP contribution in [0.5, 0.6) is 0 Å². The van der Waals surface area contributed by atoms with Crippen molar-refractivity contribution in [3.63, 3.8) is 0 Å². The Balaban J connectivity index is 1.60. The van der Waals surface area contributed by atoms with E-state index in [0.717, 1.165) is 30.4 Å². The van der Waals surface area contributed by atoms with E-state index in [9.17, 15) is 9.59 Å². The molecule has 0 aliphatic carbocycles. The van der Waals surface area contributed by atoms with Crippen LogP contribution in [0.25, 0.3) is 11.0 Å². The lowest BCUT2D eigenvalue weighted by Gasteiger charge is -2.33. The van der Waals surface area contributed by atoms with E-state index in [-0.39, 0.29) is 23.8 Å². The number of amides is 2. The van der Waals surface area contributed by atoms with Crippen LogP contribution in [0.2, 0.25) is 0 Å². The highest BCUT2D eigenvalue weighted by atomic mass is 16.2. The second-order valence-corrected chi connectivity index (χ2v) is 6.84. The maximum atomic E-state index is 12.5. The SMILES string of the molecule is CCn1nnc2cc(C(=O)NC3CCN(C(=O)C(C)C)CC3)ccc21. The Morgan fingerprint density at radius 2 is 2.00 bits per heavy atom. The summed E-state index contributed by atoms with van der Waals surface area (Å²) >= 11 is 0. The molecule has 7 nitrogen and oxygen atoms in total. The summed E-state index contributed by atoms with van der Waals surface area (Å²) in [4.78, 5) is 26.4. The molecule has 2 heterocycles. The van der Waals surface area contributed by atoms with Crippen LogP contribution in [0.15, 0.2) is 18.2 Å². The van der Waals surface area contributed by atoms with Gasteiger partial charge in [-0.25, -0.2) is 4.68 Å². The van der Waals surface area contributed by atoms with Gasteiger partial charge in [0.15, 0.2) is 0 Å². The summed E-state index contributed by atoms with van der Waals surface area (Å²) in [5.41, 5.74) is 2.25. The fraction of sp³-hybridized carbons (Fsp3) is 0.556. The molecular formula is C18H25N5O2. The molecule has 1 aliphatic heterocycles. The second kappa shape index (κ2) is 7.21. The minimum Gasteiger partial charge on any atom is -0.349 e. The van der Waals surface area contributed by atoms with Crippen LogP contribution < -0.4 is 5.32 Å². The summed E-state index contributed by atoms with van der Waals surface area (Å²) < 4.78 is 1.80. The number of fused-ring (bicyclic) bond motifs is 1. The first-order valence-electron chi connectivity index (χ1n) is 8.92. The van der Waals surface area contributed by atoms with Crippen LogP contribution in [0.1, 0.15) is 44.0 Å². The molecule has 1 aromatic heterocycles. The van der Waals surface area contributed by atoms with Gasteiger partial charge in [0.05, 0.1) is 5.52 Å². The highest BCUT2D eigenvalue weighted by molar-refractivity contribution is 5.97. The van der Waals surface area contributed by atoms with E-state index in [1.165, 1.54) is 0 Å². The number of aromatic nitrogens is 3. The number of likely N-dealkylation sites (tertiary alicyclic amines) is 1. The Labute approximate surface area is 147 Å². The largest absolute Gasteiger partial charge is 0.349 e. The molecule has 1 saturated heterocycles. The third kappa shape index (κ3) is 3.65. The molecule has 0 bridgehead atoms. The number of carbonyl (C=O) groups excluding carboxylic acids is 2. The molecule has 0 saturated carbocycles. The predicted molar refractivity (Wildman–Crippen MR) is 95.1 cm³/mol. The fourth-order valence-corrected chi connectivity index (χ4v) is 3.23.